The number of hydrogen-bond acceptors (Lipinski definition) is 4. The Morgan fingerprint density at radius 2 is 2.00 bits per heavy atom. The predicted octanol–water partition coefficient (Wildman–Crippen LogP) is 2.94. The van der Waals surface area contributed by atoms with Crippen LogP contribution in [0.3, 0.4) is 0 Å². The van der Waals surface area contributed by atoms with E-state index in [1.165, 1.54) is 12.8 Å². The summed E-state index contributed by atoms with van der Waals surface area (Å²) in [6, 6.07) is 3.75. The van der Waals surface area contributed by atoms with E-state index in [-0.39, 0.29) is 0 Å². The smallest absolute Gasteiger partial charge is 0.221 e. The third kappa shape index (κ3) is 4.32. The summed E-state index contributed by atoms with van der Waals surface area (Å²) >= 11 is 0. The first kappa shape index (κ1) is 13.9. The van der Waals surface area contributed by atoms with Crippen LogP contribution in [0, 0.1) is 0 Å². The van der Waals surface area contributed by atoms with Crippen LogP contribution in [0.4, 0.5) is 0 Å². The Balaban J connectivity index is 2.63. The molecule has 17 heavy (non-hydrogen) atoms. The summed E-state index contributed by atoms with van der Waals surface area (Å²) < 4.78 is 16.1. The van der Waals surface area contributed by atoms with Crippen molar-refractivity contribution in [3.05, 3.63) is 23.9 Å². The van der Waals surface area contributed by atoms with E-state index in [2.05, 4.69) is 11.9 Å². The average molecular weight is 239 g/mol. The quantitative estimate of drug-likeness (QED) is 0.516. The zero-order valence-corrected chi connectivity index (χ0v) is 10.8. The fourth-order valence-corrected chi connectivity index (χ4v) is 1.57. The number of rotatable bonds is 8. The van der Waals surface area contributed by atoms with Crippen molar-refractivity contribution in [1.29, 1.82) is 0 Å². The van der Waals surface area contributed by atoms with Gasteiger partial charge in [0.15, 0.2) is 6.29 Å². The number of hydrogen-bond donors (Lipinski definition) is 0. The minimum atomic E-state index is -0.426. The van der Waals surface area contributed by atoms with E-state index in [4.69, 9.17) is 14.2 Å². The summed E-state index contributed by atoms with van der Waals surface area (Å²) in [5.74, 6) is 0.595. The lowest BCUT2D eigenvalue weighted by molar-refractivity contribution is -0.107. The minimum absolute atomic E-state index is 0.426. The normalized spacial score (nSPS) is 10.8. The lowest BCUT2D eigenvalue weighted by Crippen LogP contribution is -2.08. The second kappa shape index (κ2) is 8.03. The molecule has 0 aromatic carbocycles. The predicted molar refractivity (Wildman–Crippen MR) is 66.0 cm³/mol. The maximum atomic E-state index is 5.65. The molecular formula is C13H21NO3. The van der Waals surface area contributed by atoms with E-state index in [0.717, 1.165) is 12.0 Å². The largest absolute Gasteiger partial charge is 0.477 e. The maximum absolute atomic E-state index is 5.65. The van der Waals surface area contributed by atoms with Crippen molar-refractivity contribution < 1.29 is 14.2 Å². The number of ether oxygens (including phenoxy) is 3. The van der Waals surface area contributed by atoms with E-state index in [1.54, 1.807) is 20.4 Å². The standard InChI is InChI=1S/C13H21NO3/c1-4-5-6-10-17-12-11(8-7-9-14-12)13(15-2)16-3/h7-9,13H,4-6,10H2,1-3H3. The first-order chi connectivity index (χ1) is 8.33. The molecule has 0 saturated carbocycles. The van der Waals surface area contributed by atoms with Crippen molar-refractivity contribution in [2.24, 2.45) is 0 Å². The molecule has 0 unspecified atom stereocenters. The molecule has 0 aliphatic carbocycles. The van der Waals surface area contributed by atoms with Crippen LogP contribution in [0.25, 0.3) is 0 Å². The first-order valence-corrected chi connectivity index (χ1v) is 5.96. The third-order valence-corrected chi connectivity index (χ3v) is 2.47. The van der Waals surface area contributed by atoms with Crippen LogP contribution in [0.1, 0.15) is 38.0 Å². The van der Waals surface area contributed by atoms with Gasteiger partial charge in [0.2, 0.25) is 5.88 Å². The summed E-state index contributed by atoms with van der Waals surface area (Å²) in [5, 5.41) is 0. The molecule has 1 rings (SSSR count). The topological polar surface area (TPSA) is 40.6 Å². The molecule has 1 aromatic rings. The number of unbranched alkanes of at least 4 members (excludes halogenated alkanes) is 2. The summed E-state index contributed by atoms with van der Waals surface area (Å²) in [6.07, 6.45) is 4.67. The number of nitrogens with zero attached hydrogens (tertiary/aromatic N) is 1. The van der Waals surface area contributed by atoms with Gasteiger partial charge >= 0.3 is 0 Å². The van der Waals surface area contributed by atoms with Gasteiger partial charge in [-0.3, -0.25) is 0 Å². The minimum Gasteiger partial charge on any atom is -0.477 e. The Hall–Kier alpha value is -1.13. The lowest BCUT2D eigenvalue weighted by Gasteiger charge is -2.16. The van der Waals surface area contributed by atoms with Gasteiger partial charge < -0.3 is 14.2 Å². The molecule has 0 N–H and O–H groups in total. The number of methoxy groups -OCH3 is 2. The molecule has 4 nitrogen and oxygen atoms in total. The second-order valence-electron chi connectivity index (χ2n) is 3.76. The molecular weight excluding hydrogens is 218 g/mol. The molecule has 0 saturated heterocycles. The van der Waals surface area contributed by atoms with Gasteiger partial charge in [0, 0.05) is 20.4 Å². The zero-order valence-electron chi connectivity index (χ0n) is 10.8. The van der Waals surface area contributed by atoms with Crippen LogP contribution >= 0.6 is 0 Å². The molecule has 0 bridgehead atoms. The van der Waals surface area contributed by atoms with Gasteiger partial charge in [0.05, 0.1) is 12.2 Å². The second-order valence-corrected chi connectivity index (χ2v) is 3.76. The highest BCUT2D eigenvalue weighted by Crippen LogP contribution is 2.25. The van der Waals surface area contributed by atoms with Crippen LogP contribution in [-0.2, 0) is 9.47 Å². The van der Waals surface area contributed by atoms with Crippen LogP contribution in [-0.4, -0.2) is 25.8 Å². The highest BCUT2D eigenvalue weighted by atomic mass is 16.7. The Morgan fingerprint density at radius 3 is 2.65 bits per heavy atom. The molecule has 0 radical (unpaired) electrons. The van der Waals surface area contributed by atoms with Gasteiger partial charge in [-0.15, -0.1) is 0 Å². The summed E-state index contributed by atoms with van der Waals surface area (Å²) in [5.41, 5.74) is 0.828. The molecule has 0 spiro atoms. The van der Waals surface area contributed by atoms with Crippen molar-refractivity contribution in [1.82, 2.24) is 4.98 Å². The molecule has 0 amide bonds. The highest BCUT2D eigenvalue weighted by Gasteiger charge is 2.15. The van der Waals surface area contributed by atoms with Gasteiger partial charge in [-0.05, 0) is 18.6 Å². The van der Waals surface area contributed by atoms with Crippen LogP contribution < -0.4 is 4.74 Å². The number of pyridine rings is 1. The van der Waals surface area contributed by atoms with Crippen molar-refractivity contribution in [3.63, 3.8) is 0 Å². The fraction of sp³-hybridized carbons (Fsp3) is 0.615. The molecule has 0 fully saturated rings. The third-order valence-electron chi connectivity index (χ3n) is 2.47. The lowest BCUT2D eigenvalue weighted by atomic mass is 10.2. The highest BCUT2D eigenvalue weighted by molar-refractivity contribution is 5.26. The van der Waals surface area contributed by atoms with Gasteiger partial charge in [0.1, 0.15) is 0 Å². The van der Waals surface area contributed by atoms with Gasteiger partial charge in [-0.25, -0.2) is 4.98 Å². The van der Waals surface area contributed by atoms with Crippen LogP contribution in [0.15, 0.2) is 18.3 Å². The zero-order chi connectivity index (χ0) is 12.5. The molecule has 96 valence electrons. The SMILES string of the molecule is CCCCCOc1ncccc1C(OC)OC. The molecule has 4 heteroatoms. The molecule has 1 aromatic heterocycles. The van der Waals surface area contributed by atoms with Gasteiger partial charge in [-0.1, -0.05) is 19.8 Å². The molecule has 0 aliphatic rings. The summed E-state index contributed by atoms with van der Waals surface area (Å²) in [7, 11) is 3.20. The molecule has 0 atom stereocenters. The van der Waals surface area contributed by atoms with E-state index in [0.29, 0.717) is 12.5 Å². The first-order valence-electron chi connectivity index (χ1n) is 5.96. The van der Waals surface area contributed by atoms with Crippen LogP contribution in [0.2, 0.25) is 0 Å². The van der Waals surface area contributed by atoms with E-state index in [1.807, 2.05) is 12.1 Å². The Labute approximate surface area is 103 Å². The van der Waals surface area contributed by atoms with E-state index < -0.39 is 6.29 Å². The summed E-state index contributed by atoms with van der Waals surface area (Å²) in [6.45, 7) is 2.84. The van der Waals surface area contributed by atoms with Crippen LogP contribution in [0.5, 0.6) is 5.88 Å². The van der Waals surface area contributed by atoms with Crippen molar-refractivity contribution in [2.45, 2.75) is 32.5 Å². The Bertz CT molecular complexity index is 313. The van der Waals surface area contributed by atoms with Gasteiger partial charge in [0.25, 0.3) is 0 Å². The average Bonchev–Trinajstić information content (AvgIpc) is 2.38. The monoisotopic (exact) mass is 239 g/mol. The van der Waals surface area contributed by atoms with E-state index in [9.17, 15) is 0 Å². The maximum Gasteiger partial charge on any atom is 0.221 e. The molecule has 0 aliphatic heterocycles. The summed E-state index contributed by atoms with van der Waals surface area (Å²) in [4.78, 5) is 4.21. The van der Waals surface area contributed by atoms with E-state index >= 15 is 0 Å². The van der Waals surface area contributed by atoms with Crippen molar-refractivity contribution >= 4 is 0 Å². The number of aromatic nitrogens is 1. The van der Waals surface area contributed by atoms with Gasteiger partial charge in [-0.2, -0.15) is 0 Å². The van der Waals surface area contributed by atoms with Crippen molar-refractivity contribution in [3.8, 4) is 5.88 Å². The Kier molecular flexibility index (Phi) is 6.58. The Morgan fingerprint density at radius 1 is 1.24 bits per heavy atom. The molecule has 1 heterocycles. The fourth-order valence-electron chi connectivity index (χ4n) is 1.57. The van der Waals surface area contributed by atoms with Crippen molar-refractivity contribution in [2.75, 3.05) is 20.8 Å².